The van der Waals surface area contributed by atoms with Crippen LogP contribution in [0.3, 0.4) is 0 Å². The summed E-state index contributed by atoms with van der Waals surface area (Å²) in [4.78, 5) is 11.4. The number of hydrogen-bond acceptors (Lipinski definition) is 2. The monoisotopic (exact) mass is 296 g/mol. The molecule has 92 valence electrons. The summed E-state index contributed by atoms with van der Waals surface area (Å²) < 4.78 is 6.68. The maximum Gasteiger partial charge on any atom is 0.163 e. The first kappa shape index (κ1) is 12.6. The first-order valence-electron chi connectivity index (χ1n) is 6.10. The molecule has 1 aromatic rings. The Morgan fingerprint density at radius 2 is 2.24 bits per heavy atom. The molecule has 0 bridgehead atoms. The number of halogens is 1. The van der Waals surface area contributed by atoms with Gasteiger partial charge in [0.25, 0.3) is 0 Å². The third-order valence-electron chi connectivity index (χ3n) is 3.33. The highest BCUT2D eigenvalue weighted by Gasteiger charge is 2.17. The summed E-state index contributed by atoms with van der Waals surface area (Å²) in [6, 6.07) is 5.55. The highest BCUT2D eigenvalue weighted by Crippen LogP contribution is 2.30. The number of hydrogen-bond donors (Lipinski definition) is 0. The minimum absolute atomic E-state index is 0.0520. The molecule has 0 amide bonds. The number of benzene rings is 1. The molecule has 0 N–H and O–H groups in total. The van der Waals surface area contributed by atoms with Gasteiger partial charge in [0.05, 0.1) is 12.2 Å². The second-order valence-electron chi connectivity index (χ2n) is 4.63. The molecule has 3 heteroatoms. The van der Waals surface area contributed by atoms with Crippen LogP contribution in [-0.4, -0.2) is 12.4 Å². The molecule has 2 nitrogen and oxygen atoms in total. The first-order valence-corrected chi connectivity index (χ1v) is 6.89. The van der Waals surface area contributed by atoms with Crippen molar-refractivity contribution in [2.75, 3.05) is 6.61 Å². The Hall–Kier alpha value is -0.830. The molecule has 17 heavy (non-hydrogen) atoms. The van der Waals surface area contributed by atoms with Gasteiger partial charge < -0.3 is 4.74 Å². The third kappa shape index (κ3) is 3.32. The molecule has 2 rings (SSSR count). The van der Waals surface area contributed by atoms with E-state index in [-0.39, 0.29) is 5.78 Å². The first-order chi connectivity index (χ1) is 8.16. The lowest BCUT2D eigenvalue weighted by Gasteiger charge is -2.25. The highest BCUT2D eigenvalue weighted by atomic mass is 79.9. The summed E-state index contributed by atoms with van der Waals surface area (Å²) in [7, 11) is 0. The maximum absolute atomic E-state index is 11.4. The van der Waals surface area contributed by atoms with E-state index in [2.05, 4.69) is 15.9 Å². The fourth-order valence-corrected chi connectivity index (χ4v) is 2.36. The standard InChI is InChI=1S/C14H17BrO2/c1-10(16)13-6-5-12(15)9-14(13)17-8-7-11-3-2-4-11/h5-6,9,11H,2-4,7-8H2,1H3. The van der Waals surface area contributed by atoms with E-state index in [0.717, 1.165) is 16.8 Å². The maximum atomic E-state index is 11.4. The fraction of sp³-hybridized carbons (Fsp3) is 0.500. The van der Waals surface area contributed by atoms with Crippen LogP contribution >= 0.6 is 15.9 Å². The number of rotatable bonds is 5. The number of carbonyl (C=O) groups excluding carboxylic acids is 1. The molecule has 1 aliphatic rings. The molecule has 0 atom stereocenters. The minimum Gasteiger partial charge on any atom is -0.493 e. The lowest BCUT2D eigenvalue weighted by molar-refractivity contribution is 0.101. The zero-order valence-electron chi connectivity index (χ0n) is 10.0. The van der Waals surface area contributed by atoms with Crippen molar-refractivity contribution in [2.45, 2.75) is 32.6 Å². The van der Waals surface area contributed by atoms with Crippen molar-refractivity contribution in [3.05, 3.63) is 28.2 Å². The lowest BCUT2D eigenvalue weighted by Crippen LogP contribution is -2.15. The molecular weight excluding hydrogens is 280 g/mol. The number of Topliss-reactive ketones (excluding diaryl/α,β-unsaturated/α-hetero) is 1. The number of carbonyl (C=O) groups is 1. The lowest BCUT2D eigenvalue weighted by atomic mass is 9.83. The Morgan fingerprint density at radius 3 is 2.82 bits per heavy atom. The van der Waals surface area contributed by atoms with Crippen molar-refractivity contribution in [1.82, 2.24) is 0 Å². The van der Waals surface area contributed by atoms with Crippen LogP contribution in [0, 0.1) is 5.92 Å². The van der Waals surface area contributed by atoms with E-state index < -0.39 is 0 Å². The molecule has 0 saturated heterocycles. The van der Waals surface area contributed by atoms with Crippen LogP contribution in [0.25, 0.3) is 0 Å². The van der Waals surface area contributed by atoms with Gasteiger partial charge in [-0.15, -0.1) is 0 Å². The van der Waals surface area contributed by atoms with Gasteiger partial charge in [0.15, 0.2) is 5.78 Å². The Balaban J connectivity index is 1.97. The SMILES string of the molecule is CC(=O)c1ccc(Br)cc1OCCC1CCC1. The van der Waals surface area contributed by atoms with Gasteiger partial charge in [-0.1, -0.05) is 35.2 Å². The molecule has 0 spiro atoms. The summed E-state index contributed by atoms with van der Waals surface area (Å²) in [5, 5.41) is 0. The summed E-state index contributed by atoms with van der Waals surface area (Å²) in [6.07, 6.45) is 5.13. The molecular formula is C14H17BrO2. The molecule has 1 fully saturated rings. The molecule has 0 radical (unpaired) electrons. The van der Waals surface area contributed by atoms with Crippen LogP contribution in [0.2, 0.25) is 0 Å². The topological polar surface area (TPSA) is 26.3 Å². The zero-order chi connectivity index (χ0) is 12.3. The van der Waals surface area contributed by atoms with E-state index in [9.17, 15) is 4.79 Å². The summed E-state index contributed by atoms with van der Waals surface area (Å²) in [5.74, 6) is 1.59. The zero-order valence-corrected chi connectivity index (χ0v) is 11.6. The van der Waals surface area contributed by atoms with Gasteiger partial charge in [-0.2, -0.15) is 0 Å². The second kappa shape index (κ2) is 5.67. The predicted octanol–water partition coefficient (Wildman–Crippen LogP) is 4.22. The van der Waals surface area contributed by atoms with Gasteiger partial charge in [-0.25, -0.2) is 0 Å². The van der Waals surface area contributed by atoms with Gasteiger partial charge in [-0.3, -0.25) is 4.79 Å². The third-order valence-corrected chi connectivity index (χ3v) is 3.82. The van der Waals surface area contributed by atoms with Gasteiger partial charge in [0, 0.05) is 4.47 Å². The summed E-state index contributed by atoms with van der Waals surface area (Å²) in [5.41, 5.74) is 0.668. The second-order valence-corrected chi connectivity index (χ2v) is 5.55. The minimum atomic E-state index is 0.0520. The summed E-state index contributed by atoms with van der Waals surface area (Å²) in [6.45, 7) is 2.28. The van der Waals surface area contributed by atoms with E-state index in [1.807, 2.05) is 18.2 Å². The van der Waals surface area contributed by atoms with E-state index in [0.29, 0.717) is 17.9 Å². The van der Waals surface area contributed by atoms with Gasteiger partial charge in [0.2, 0.25) is 0 Å². The Kier molecular flexibility index (Phi) is 4.21. The van der Waals surface area contributed by atoms with E-state index in [4.69, 9.17) is 4.74 Å². The van der Waals surface area contributed by atoms with Crippen molar-refractivity contribution in [3.63, 3.8) is 0 Å². The van der Waals surface area contributed by atoms with Crippen molar-refractivity contribution >= 4 is 21.7 Å². The van der Waals surface area contributed by atoms with E-state index in [1.54, 1.807) is 6.92 Å². The molecule has 0 heterocycles. The Bertz CT molecular complexity index is 411. The van der Waals surface area contributed by atoms with Crippen LogP contribution < -0.4 is 4.74 Å². The summed E-state index contributed by atoms with van der Waals surface area (Å²) >= 11 is 3.40. The molecule has 0 aliphatic heterocycles. The van der Waals surface area contributed by atoms with Crippen LogP contribution in [-0.2, 0) is 0 Å². The number of ketones is 1. The average Bonchev–Trinajstić information content (AvgIpc) is 2.21. The van der Waals surface area contributed by atoms with Crippen molar-refractivity contribution in [3.8, 4) is 5.75 Å². The molecule has 0 unspecified atom stereocenters. The number of ether oxygens (including phenoxy) is 1. The predicted molar refractivity (Wildman–Crippen MR) is 71.6 cm³/mol. The van der Waals surface area contributed by atoms with Gasteiger partial charge in [0.1, 0.15) is 5.75 Å². The Morgan fingerprint density at radius 1 is 1.47 bits per heavy atom. The van der Waals surface area contributed by atoms with Crippen LogP contribution in [0.4, 0.5) is 0 Å². The highest BCUT2D eigenvalue weighted by molar-refractivity contribution is 9.10. The van der Waals surface area contributed by atoms with E-state index >= 15 is 0 Å². The van der Waals surface area contributed by atoms with Crippen molar-refractivity contribution in [2.24, 2.45) is 5.92 Å². The molecule has 0 aromatic heterocycles. The van der Waals surface area contributed by atoms with Crippen molar-refractivity contribution in [1.29, 1.82) is 0 Å². The largest absolute Gasteiger partial charge is 0.493 e. The normalized spacial score (nSPS) is 15.4. The van der Waals surface area contributed by atoms with Crippen LogP contribution in [0.5, 0.6) is 5.75 Å². The smallest absolute Gasteiger partial charge is 0.163 e. The van der Waals surface area contributed by atoms with Crippen LogP contribution in [0.1, 0.15) is 43.0 Å². The van der Waals surface area contributed by atoms with Crippen LogP contribution in [0.15, 0.2) is 22.7 Å². The molecule has 1 saturated carbocycles. The average molecular weight is 297 g/mol. The quantitative estimate of drug-likeness (QED) is 0.761. The fourth-order valence-electron chi connectivity index (χ4n) is 2.02. The van der Waals surface area contributed by atoms with Gasteiger partial charge >= 0.3 is 0 Å². The molecule has 1 aromatic carbocycles. The Labute approximate surface area is 110 Å². The van der Waals surface area contributed by atoms with E-state index in [1.165, 1.54) is 19.3 Å². The van der Waals surface area contributed by atoms with Crippen molar-refractivity contribution < 1.29 is 9.53 Å². The van der Waals surface area contributed by atoms with Gasteiger partial charge in [-0.05, 0) is 37.5 Å². The molecule has 1 aliphatic carbocycles.